The van der Waals surface area contributed by atoms with E-state index in [0.29, 0.717) is 10.7 Å². The number of anilines is 1. The molecule has 2 rings (SSSR count). The van der Waals surface area contributed by atoms with Crippen LogP contribution >= 0.6 is 34.8 Å². The van der Waals surface area contributed by atoms with Gasteiger partial charge in [-0.15, -0.1) is 0 Å². The zero-order valence-corrected chi connectivity index (χ0v) is 12.9. The van der Waals surface area contributed by atoms with Crippen molar-refractivity contribution in [3.05, 3.63) is 39.9 Å². The summed E-state index contributed by atoms with van der Waals surface area (Å²) in [6, 6.07) is 7.15. The van der Waals surface area contributed by atoms with Gasteiger partial charge in [0, 0.05) is 0 Å². The van der Waals surface area contributed by atoms with Crippen molar-refractivity contribution in [2.75, 3.05) is 5.32 Å². The lowest BCUT2D eigenvalue weighted by Gasteiger charge is -2.07. The zero-order chi connectivity index (χ0) is 14.2. The molecule has 0 heterocycles. The van der Waals surface area contributed by atoms with Crippen molar-refractivity contribution < 1.29 is 4.79 Å². The number of benzene rings is 1. The minimum absolute atomic E-state index is 0.0555. The second-order valence-electron chi connectivity index (χ2n) is 5.25. The molecule has 1 aromatic carbocycles. The van der Waals surface area contributed by atoms with Gasteiger partial charge in [-0.2, -0.15) is 0 Å². The first-order chi connectivity index (χ1) is 8.84. The molecule has 1 aromatic rings. The van der Waals surface area contributed by atoms with Crippen LogP contribution in [0.1, 0.15) is 13.8 Å². The molecule has 1 fully saturated rings. The van der Waals surface area contributed by atoms with Gasteiger partial charge in [0.2, 0.25) is 5.91 Å². The van der Waals surface area contributed by atoms with Crippen molar-refractivity contribution in [3.8, 4) is 0 Å². The monoisotopic (exact) mass is 317 g/mol. The molecule has 1 aliphatic carbocycles. The zero-order valence-electron chi connectivity index (χ0n) is 10.6. The standard InChI is InChI=1S/C14H14Cl3NO/c1-14(2)8(7-11(16)17)12(14)13(19)18-10-6-4-3-5-9(10)15/h3-8,12H,1-2H3,(H,18,19)/t8-,12+/m0/s1. The van der Waals surface area contributed by atoms with Gasteiger partial charge >= 0.3 is 0 Å². The SMILES string of the molecule is CC1(C)[C@@H](C=C(Cl)Cl)[C@@H]1C(=O)Nc1ccccc1Cl. The van der Waals surface area contributed by atoms with Crippen molar-refractivity contribution in [2.45, 2.75) is 13.8 Å². The molecule has 102 valence electrons. The average molecular weight is 319 g/mol. The van der Waals surface area contributed by atoms with Crippen LogP contribution in [0.4, 0.5) is 5.69 Å². The fraction of sp³-hybridized carbons (Fsp3) is 0.357. The Hall–Kier alpha value is -0.700. The first-order valence-corrected chi connectivity index (χ1v) is 7.05. The average Bonchev–Trinajstić information content (AvgIpc) is 2.82. The van der Waals surface area contributed by atoms with E-state index in [-0.39, 0.29) is 27.6 Å². The third-order valence-corrected chi connectivity index (χ3v) is 4.21. The Kier molecular flexibility index (Phi) is 4.14. The Labute approximate surface area is 127 Å². The Morgan fingerprint density at radius 1 is 1.32 bits per heavy atom. The molecular formula is C14H14Cl3NO. The van der Waals surface area contributed by atoms with Crippen LogP contribution in [0.3, 0.4) is 0 Å². The normalized spacial score (nSPS) is 23.6. The van der Waals surface area contributed by atoms with Crippen LogP contribution in [0.2, 0.25) is 5.02 Å². The Morgan fingerprint density at radius 2 is 1.95 bits per heavy atom. The van der Waals surface area contributed by atoms with E-state index in [1.54, 1.807) is 18.2 Å². The molecule has 1 aliphatic rings. The first-order valence-electron chi connectivity index (χ1n) is 5.92. The van der Waals surface area contributed by atoms with Gasteiger partial charge in [0.05, 0.1) is 16.6 Å². The van der Waals surface area contributed by atoms with Crippen LogP contribution in [-0.2, 0) is 4.79 Å². The smallest absolute Gasteiger partial charge is 0.228 e. The van der Waals surface area contributed by atoms with E-state index >= 15 is 0 Å². The lowest BCUT2D eigenvalue weighted by molar-refractivity contribution is -0.118. The number of hydrogen-bond donors (Lipinski definition) is 1. The summed E-state index contributed by atoms with van der Waals surface area (Å²) < 4.78 is 0.200. The fourth-order valence-corrected chi connectivity index (χ4v) is 2.85. The van der Waals surface area contributed by atoms with E-state index in [1.807, 2.05) is 26.0 Å². The summed E-state index contributed by atoms with van der Waals surface area (Å²) in [5, 5.41) is 3.37. The third kappa shape index (κ3) is 3.07. The number of carbonyl (C=O) groups is 1. The minimum atomic E-state index is -0.142. The molecule has 0 aliphatic heterocycles. The maximum atomic E-state index is 12.2. The van der Waals surface area contributed by atoms with Gasteiger partial charge in [-0.3, -0.25) is 4.79 Å². The largest absolute Gasteiger partial charge is 0.324 e. The summed E-state index contributed by atoms with van der Waals surface area (Å²) in [4.78, 5) is 12.2. The lowest BCUT2D eigenvalue weighted by Crippen LogP contribution is -2.17. The molecule has 19 heavy (non-hydrogen) atoms. The molecule has 0 aromatic heterocycles. The molecule has 1 amide bonds. The van der Waals surface area contributed by atoms with E-state index in [2.05, 4.69) is 5.32 Å². The molecule has 0 radical (unpaired) electrons. The predicted molar refractivity (Wildman–Crippen MR) is 80.6 cm³/mol. The van der Waals surface area contributed by atoms with Gasteiger partial charge in [-0.05, 0) is 29.5 Å². The second kappa shape index (κ2) is 5.35. The van der Waals surface area contributed by atoms with Crippen LogP contribution in [0.25, 0.3) is 0 Å². The molecule has 0 spiro atoms. The van der Waals surface area contributed by atoms with Crippen molar-refractivity contribution >= 4 is 46.4 Å². The number of allylic oxidation sites excluding steroid dienone is 1. The second-order valence-corrected chi connectivity index (χ2v) is 6.67. The number of carbonyl (C=O) groups excluding carboxylic acids is 1. The molecule has 0 bridgehead atoms. The predicted octanol–water partition coefficient (Wildman–Crippen LogP) is 4.87. The number of nitrogens with one attached hydrogen (secondary N) is 1. The van der Waals surface area contributed by atoms with E-state index in [0.717, 1.165) is 0 Å². The highest BCUT2D eigenvalue weighted by molar-refractivity contribution is 6.55. The van der Waals surface area contributed by atoms with E-state index < -0.39 is 0 Å². The highest BCUT2D eigenvalue weighted by atomic mass is 35.5. The number of para-hydroxylation sites is 1. The van der Waals surface area contributed by atoms with Gasteiger partial charge in [0.15, 0.2) is 0 Å². The summed E-state index contributed by atoms with van der Waals surface area (Å²) in [7, 11) is 0. The molecule has 5 heteroatoms. The topological polar surface area (TPSA) is 29.1 Å². The molecule has 2 nitrogen and oxygen atoms in total. The Bertz CT molecular complexity index is 535. The highest BCUT2D eigenvalue weighted by Crippen LogP contribution is 2.60. The summed E-state index contributed by atoms with van der Waals surface area (Å²) in [5.41, 5.74) is 0.483. The lowest BCUT2D eigenvalue weighted by atomic mass is 10.1. The summed E-state index contributed by atoms with van der Waals surface area (Å²) >= 11 is 17.4. The number of halogens is 3. The van der Waals surface area contributed by atoms with Crippen molar-refractivity contribution in [3.63, 3.8) is 0 Å². The minimum Gasteiger partial charge on any atom is -0.324 e. The Morgan fingerprint density at radius 3 is 2.53 bits per heavy atom. The van der Waals surface area contributed by atoms with Gasteiger partial charge in [-0.25, -0.2) is 0 Å². The summed E-state index contributed by atoms with van der Waals surface area (Å²) in [6.07, 6.45) is 1.72. The van der Waals surface area contributed by atoms with Gasteiger partial charge in [0.25, 0.3) is 0 Å². The molecule has 0 saturated heterocycles. The maximum absolute atomic E-state index is 12.2. The fourth-order valence-electron chi connectivity index (χ4n) is 2.40. The first kappa shape index (κ1) is 14.7. The van der Waals surface area contributed by atoms with Gasteiger partial charge in [0.1, 0.15) is 4.49 Å². The van der Waals surface area contributed by atoms with Crippen LogP contribution < -0.4 is 5.32 Å². The third-order valence-electron chi connectivity index (χ3n) is 3.63. The molecule has 1 N–H and O–H groups in total. The van der Waals surface area contributed by atoms with Crippen LogP contribution in [0, 0.1) is 17.3 Å². The van der Waals surface area contributed by atoms with Crippen LogP contribution in [0.5, 0.6) is 0 Å². The Balaban J connectivity index is 2.10. The van der Waals surface area contributed by atoms with Gasteiger partial charge in [-0.1, -0.05) is 60.8 Å². The van der Waals surface area contributed by atoms with Crippen molar-refractivity contribution in [1.29, 1.82) is 0 Å². The van der Waals surface area contributed by atoms with Crippen LogP contribution in [0.15, 0.2) is 34.8 Å². The maximum Gasteiger partial charge on any atom is 0.228 e. The highest BCUT2D eigenvalue weighted by Gasteiger charge is 2.60. The van der Waals surface area contributed by atoms with E-state index in [9.17, 15) is 4.79 Å². The van der Waals surface area contributed by atoms with Crippen molar-refractivity contribution in [1.82, 2.24) is 0 Å². The molecule has 0 unspecified atom stereocenters. The number of hydrogen-bond acceptors (Lipinski definition) is 1. The quantitative estimate of drug-likeness (QED) is 0.846. The molecular weight excluding hydrogens is 305 g/mol. The van der Waals surface area contributed by atoms with E-state index in [1.165, 1.54) is 0 Å². The summed E-state index contributed by atoms with van der Waals surface area (Å²) in [6.45, 7) is 4.03. The number of amides is 1. The summed E-state index contributed by atoms with van der Waals surface area (Å²) in [5.74, 6) is -0.148. The van der Waals surface area contributed by atoms with Gasteiger partial charge < -0.3 is 5.32 Å². The number of rotatable bonds is 3. The van der Waals surface area contributed by atoms with Crippen molar-refractivity contribution in [2.24, 2.45) is 17.3 Å². The molecule has 2 atom stereocenters. The molecule has 1 saturated carbocycles. The van der Waals surface area contributed by atoms with E-state index in [4.69, 9.17) is 34.8 Å². The van der Waals surface area contributed by atoms with Crippen LogP contribution in [-0.4, -0.2) is 5.91 Å².